The molecule has 0 fully saturated rings. The van der Waals surface area contributed by atoms with Crippen molar-refractivity contribution >= 4 is 29.3 Å². The molecular weight excluding hydrogens is 638 g/mol. The van der Waals surface area contributed by atoms with E-state index >= 15 is 0 Å². The molecule has 0 saturated heterocycles. The zero-order valence-electron chi connectivity index (χ0n) is 25.9. The number of halogens is 6. The number of benzene rings is 4. The standard InChI is InChI=1S/C36H26F6N2O4/c1-19-5-7-20(8-6-19)33(2,35(37,38)39)21-9-13-24(14-10-21)44-31(47)26-16-12-23(18-28(26)32(44)48)34(3,36(40,41)42)22-11-15-25-27(17-22)30(46)43(4)29(25)45/h5-18H,1-4H3. The number of imide groups is 2. The van der Waals surface area contributed by atoms with Crippen molar-refractivity contribution in [1.82, 2.24) is 4.90 Å². The first-order valence-electron chi connectivity index (χ1n) is 14.6. The summed E-state index contributed by atoms with van der Waals surface area (Å²) in [6.07, 6.45) is -9.67. The molecule has 0 aromatic heterocycles. The Morgan fingerprint density at radius 1 is 0.479 bits per heavy atom. The van der Waals surface area contributed by atoms with E-state index < -0.39 is 52.4 Å². The summed E-state index contributed by atoms with van der Waals surface area (Å²) in [5, 5.41) is 0. The molecule has 0 N–H and O–H groups in total. The van der Waals surface area contributed by atoms with Crippen LogP contribution in [0.3, 0.4) is 0 Å². The molecule has 4 amide bonds. The lowest BCUT2D eigenvalue weighted by Gasteiger charge is -2.33. The second-order valence-electron chi connectivity index (χ2n) is 12.3. The zero-order valence-corrected chi connectivity index (χ0v) is 25.9. The SMILES string of the molecule is Cc1ccc(C(C)(c2ccc(N3C(=O)c4ccc(C(C)(c5ccc6c(c5)C(=O)N(C)C6=O)C(F)(F)F)cc4C3=O)cc2)C(F)(F)F)cc1. The van der Waals surface area contributed by atoms with Gasteiger partial charge in [-0.05, 0) is 79.4 Å². The maximum absolute atomic E-state index is 14.9. The summed E-state index contributed by atoms with van der Waals surface area (Å²) in [6.45, 7) is 3.64. The number of hydrogen-bond acceptors (Lipinski definition) is 4. The van der Waals surface area contributed by atoms with Gasteiger partial charge in [-0.2, -0.15) is 26.3 Å². The Kier molecular flexibility index (Phi) is 7.23. The minimum absolute atomic E-state index is 0.0133. The second-order valence-corrected chi connectivity index (χ2v) is 12.3. The molecular formula is C36H26F6N2O4. The molecule has 2 unspecified atom stereocenters. The van der Waals surface area contributed by atoms with Crippen LogP contribution in [-0.4, -0.2) is 47.9 Å². The lowest BCUT2D eigenvalue weighted by molar-refractivity contribution is -0.173. The van der Waals surface area contributed by atoms with Crippen LogP contribution in [0.2, 0.25) is 0 Å². The molecule has 0 aliphatic carbocycles. The van der Waals surface area contributed by atoms with Crippen LogP contribution in [0.15, 0.2) is 84.9 Å². The number of anilines is 1. The Labute approximate surface area is 270 Å². The van der Waals surface area contributed by atoms with Gasteiger partial charge in [-0.1, -0.05) is 54.1 Å². The van der Waals surface area contributed by atoms with Gasteiger partial charge in [0.2, 0.25) is 0 Å². The third kappa shape index (κ3) is 4.56. The minimum atomic E-state index is -4.96. The molecule has 0 spiro atoms. The molecule has 2 aliphatic heterocycles. The molecule has 0 radical (unpaired) electrons. The van der Waals surface area contributed by atoms with Crippen LogP contribution >= 0.6 is 0 Å². The highest BCUT2D eigenvalue weighted by Gasteiger charge is 2.55. The van der Waals surface area contributed by atoms with Crippen LogP contribution in [-0.2, 0) is 10.8 Å². The van der Waals surface area contributed by atoms with E-state index in [-0.39, 0.29) is 44.6 Å². The highest BCUT2D eigenvalue weighted by molar-refractivity contribution is 6.34. The quantitative estimate of drug-likeness (QED) is 0.162. The van der Waals surface area contributed by atoms with Crippen LogP contribution in [0.5, 0.6) is 0 Å². The van der Waals surface area contributed by atoms with Crippen molar-refractivity contribution in [2.75, 3.05) is 11.9 Å². The van der Waals surface area contributed by atoms with Crippen molar-refractivity contribution < 1.29 is 45.5 Å². The van der Waals surface area contributed by atoms with Crippen LogP contribution in [0.25, 0.3) is 0 Å². The van der Waals surface area contributed by atoms with E-state index in [1.54, 1.807) is 19.1 Å². The van der Waals surface area contributed by atoms with E-state index in [0.717, 1.165) is 72.8 Å². The molecule has 0 saturated carbocycles. The molecule has 2 atom stereocenters. The van der Waals surface area contributed by atoms with Gasteiger partial charge in [0.15, 0.2) is 0 Å². The van der Waals surface area contributed by atoms with E-state index in [1.165, 1.54) is 31.3 Å². The van der Waals surface area contributed by atoms with Crippen LogP contribution in [0.1, 0.15) is 83.1 Å². The van der Waals surface area contributed by atoms with E-state index in [4.69, 9.17) is 0 Å². The minimum Gasteiger partial charge on any atom is -0.277 e. The number of alkyl halides is 6. The average molecular weight is 665 g/mol. The van der Waals surface area contributed by atoms with Crippen molar-refractivity contribution in [2.24, 2.45) is 0 Å². The third-order valence-corrected chi connectivity index (χ3v) is 9.60. The van der Waals surface area contributed by atoms with E-state index in [0.29, 0.717) is 4.90 Å². The molecule has 48 heavy (non-hydrogen) atoms. The fourth-order valence-corrected chi connectivity index (χ4v) is 6.28. The van der Waals surface area contributed by atoms with Gasteiger partial charge >= 0.3 is 12.4 Å². The molecule has 6 rings (SSSR count). The smallest absolute Gasteiger partial charge is 0.277 e. The Hall–Kier alpha value is -5.26. The molecule has 6 nitrogen and oxygen atoms in total. The highest BCUT2D eigenvalue weighted by Crippen LogP contribution is 2.49. The molecule has 12 heteroatoms. The van der Waals surface area contributed by atoms with Gasteiger partial charge in [-0.15, -0.1) is 0 Å². The van der Waals surface area contributed by atoms with Gasteiger partial charge in [0.05, 0.1) is 27.9 Å². The van der Waals surface area contributed by atoms with Crippen LogP contribution < -0.4 is 4.90 Å². The highest BCUT2D eigenvalue weighted by atomic mass is 19.4. The lowest BCUT2D eigenvalue weighted by atomic mass is 9.74. The maximum Gasteiger partial charge on any atom is 0.402 e. The number of hydrogen-bond donors (Lipinski definition) is 0. The maximum atomic E-state index is 14.9. The van der Waals surface area contributed by atoms with Crippen molar-refractivity contribution in [3.63, 3.8) is 0 Å². The number of aryl methyl sites for hydroxylation is 1. The van der Waals surface area contributed by atoms with Crippen LogP contribution in [0, 0.1) is 6.92 Å². The number of carbonyl (C=O) groups excluding carboxylic acids is 4. The van der Waals surface area contributed by atoms with E-state index in [9.17, 15) is 45.5 Å². The topological polar surface area (TPSA) is 74.8 Å². The number of carbonyl (C=O) groups is 4. The summed E-state index contributed by atoms with van der Waals surface area (Å²) in [5.74, 6) is -3.22. The number of amides is 4. The Bertz CT molecular complexity index is 2040. The Morgan fingerprint density at radius 2 is 0.833 bits per heavy atom. The van der Waals surface area contributed by atoms with E-state index in [2.05, 4.69) is 0 Å². The predicted octanol–water partition coefficient (Wildman–Crippen LogP) is 7.76. The van der Waals surface area contributed by atoms with Gasteiger partial charge < -0.3 is 0 Å². The zero-order chi connectivity index (χ0) is 35.1. The van der Waals surface area contributed by atoms with Crippen molar-refractivity contribution in [3.8, 4) is 0 Å². The number of fused-ring (bicyclic) bond motifs is 2. The summed E-state index contributed by atoms with van der Waals surface area (Å²) < 4.78 is 88.2. The normalized spacial score (nSPS) is 17.4. The fourth-order valence-electron chi connectivity index (χ4n) is 6.28. The monoisotopic (exact) mass is 664 g/mol. The summed E-state index contributed by atoms with van der Waals surface area (Å²) in [4.78, 5) is 53.4. The molecule has 0 bridgehead atoms. The number of rotatable bonds is 5. The van der Waals surface area contributed by atoms with Crippen molar-refractivity contribution in [2.45, 2.75) is 44.0 Å². The van der Waals surface area contributed by atoms with Gasteiger partial charge in [-0.3, -0.25) is 24.1 Å². The fraction of sp³-hybridized carbons (Fsp3) is 0.222. The van der Waals surface area contributed by atoms with Crippen molar-refractivity contribution in [3.05, 3.63) is 135 Å². The molecule has 4 aromatic carbocycles. The first-order chi connectivity index (χ1) is 22.3. The predicted molar refractivity (Wildman–Crippen MR) is 163 cm³/mol. The molecule has 2 aliphatic rings. The average Bonchev–Trinajstić information content (AvgIpc) is 3.42. The Morgan fingerprint density at radius 3 is 1.31 bits per heavy atom. The second kappa shape index (κ2) is 10.6. The summed E-state index contributed by atoms with van der Waals surface area (Å²) in [6, 6.07) is 17.0. The number of nitrogens with zero attached hydrogens (tertiary/aromatic N) is 2. The summed E-state index contributed by atoms with van der Waals surface area (Å²) >= 11 is 0. The summed E-state index contributed by atoms with van der Waals surface area (Å²) in [7, 11) is 1.22. The van der Waals surface area contributed by atoms with Gasteiger partial charge in [0, 0.05) is 7.05 Å². The summed E-state index contributed by atoms with van der Waals surface area (Å²) in [5.41, 5.74) is -6.18. The van der Waals surface area contributed by atoms with E-state index in [1.807, 2.05) is 0 Å². The van der Waals surface area contributed by atoms with Crippen molar-refractivity contribution in [1.29, 1.82) is 0 Å². The lowest BCUT2D eigenvalue weighted by Crippen LogP contribution is -2.41. The van der Waals surface area contributed by atoms with Gasteiger partial charge in [0.1, 0.15) is 10.8 Å². The third-order valence-electron chi connectivity index (χ3n) is 9.60. The molecule has 246 valence electrons. The first-order valence-corrected chi connectivity index (χ1v) is 14.6. The Balaban J connectivity index is 1.38. The molecule has 2 heterocycles. The first kappa shape index (κ1) is 32.7. The van der Waals surface area contributed by atoms with Gasteiger partial charge in [0.25, 0.3) is 23.6 Å². The van der Waals surface area contributed by atoms with Gasteiger partial charge in [-0.25, -0.2) is 4.90 Å². The largest absolute Gasteiger partial charge is 0.402 e. The molecule has 4 aromatic rings. The van der Waals surface area contributed by atoms with Crippen LogP contribution in [0.4, 0.5) is 32.0 Å².